The van der Waals surface area contributed by atoms with Crippen molar-refractivity contribution >= 4 is 27.4 Å². The summed E-state index contributed by atoms with van der Waals surface area (Å²) in [5.41, 5.74) is 3.54. The van der Waals surface area contributed by atoms with Gasteiger partial charge < -0.3 is 5.32 Å². The zero-order valence-electron chi connectivity index (χ0n) is 15.3. The Labute approximate surface area is 156 Å². The molecule has 1 unspecified atom stereocenters. The number of anilines is 1. The number of aromatic nitrogens is 4. The Morgan fingerprint density at radius 1 is 1.12 bits per heavy atom. The summed E-state index contributed by atoms with van der Waals surface area (Å²) in [7, 11) is 1.96. The summed E-state index contributed by atoms with van der Waals surface area (Å²) in [6.07, 6.45) is 1.92. The second-order valence-corrected chi connectivity index (χ2v) is 7.52. The van der Waals surface area contributed by atoms with Crippen LogP contribution < -0.4 is 5.32 Å². The molecule has 1 aromatic carbocycles. The van der Waals surface area contributed by atoms with Crippen LogP contribution in [-0.2, 0) is 7.05 Å². The van der Waals surface area contributed by atoms with Crippen LogP contribution >= 0.6 is 11.3 Å². The van der Waals surface area contributed by atoms with E-state index in [-0.39, 0.29) is 6.04 Å². The Kier molecular flexibility index (Phi) is 4.20. The minimum atomic E-state index is 0.112. The number of benzene rings is 1. The Morgan fingerprint density at radius 2 is 1.88 bits per heavy atom. The quantitative estimate of drug-likeness (QED) is 0.561. The third kappa shape index (κ3) is 2.97. The van der Waals surface area contributed by atoms with Crippen LogP contribution in [0.4, 0.5) is 5.82 Å². The average molecular weight is 363 g/mol. The fourth-order valence-corrected chi connectivity index (χ4v) is 4.19. The zero-order valence-corrected chi connectivity index (χ0v) is 16.1. The summed E-state index contributed by atoms with van der Waals surface area (Å²) in [4.78, 5) is 11.5. The fraction of sp³-hybridized carbons (Fsp3) is 0.250. The largest absolute Gasteiger partial charge is 0.363 e. The highest BCUT2D eigenvalue weighted by atomic mass is 32.1. The fourth-order valence-electron chi connectivity index (χ4n) is 3.11. The van der Waals surface area contributed by atoms with Crippen LogP contribution in [0, 0.1) is 13.8 Å². The van der Waals surface area contributed by atoms with Gasteiger partial charge in [-0.1, -0.05) is 30.3 Å². The minimum Gasteiger partial charge on any atom is -0.363 e. The molecular weight excluding hydrogens is 342 g/mol. The monoisotopic (exact) mass is 363 g/mol. The third-order valence-corrected chi connectivity index (χ3v) is 5.73. The summed E-state index contributed by atoms with van der Waals surface area (Å²) >= 11 is 1.70. The van der Waals surface area contributed by atoms with Crippen molar-refractivity contribution in [2.45, 2.75) is 26.8 Å². The highest BCUT2D eigenvalue weighted by Crippen LogP contribution is 2.36. The Bertz CT molecular complexity index is 1060. The summed E-state index contributed by atoms with van der Waals surface area (Å²) in [5, 5.41) is 8.97. The number of rotatable bonds is 4. The molecule has 0 aliphatic rings. The first-order valence-electron chi connectivity index (χ1n) is 8.61. The van der Waals surface area contributed by atoms with Gasteiger partial charge in [0.05, 0.1) is 17.6 Å². The van der Waals surface area contributed by atoms with Crippen molar-refractivity contribution < 1.29 is 0 Å². The van der Waals surface area contributed by atoms with Crippen LogP contribution in [0.25, 0.3) is 20.7 Å². The standard InChI is InChI=1S/C20H21N5S/c1-12(17-11-21-25(4)13(17)2)22-19-16-10-18(15-8-6-5-7-9-15)26-20(16)24-14(3)23-19/h5-12H,1-4H3,(H,22,23,24). The lowest BCUT2D eigenvalue weighted by atomic mass is 10.1. The average Bonchev–Trinajstić information content (AvgIpc) is 3.20. The van der Waals surface area contributed by atoms with E-state index in [1.807, 2.05) is 30.9 Å². The maximum absolute atomic E-state index is 4.67. The summed E-state index contributed by atoms with van der Waals surface area (Å²) in [6.45, 7) is 6.16. The van der Waals surface area contributed by atoms with Gasteiger partial charge in [-0.3, -0.25) is 4.68 Å². The van der Waals surface area contributed by atoms with E-state index < -0.39 is 0 Å². The molecule has 132 valence electrons. The van der Waals surface area contributed by atoms with Crippen LogP contribution in [-0.4, -0.2) is 19.7 Å². The van der Waals surface area contributed by atoms with Crippen molar-refractivity contribution in [2.75, 3.05) is 5.32 Å². The molecule has 0 amide bonds. The molecule has 0 radical (unpaired) electrons. The maximum Gasteiger partial charge on any atom is 0.139 e. The lowest BCUT2D eigenvalue weighted by Crippen LogP contribution is -2.10. The van der Waals surface area contributed by atoms with Crippen molar-refractivity contribution in [3.8, 4) is 10.4 Å². The molecule has 0 aliphatic carbocycles. The van der Waals surface area contributed by atoms with Crippen LogP contribution in [0.5, 0.6) is 0 Å². The van der Waals surface area contributed by atoms with E-state index in [0.717, 1.165) is 27.6 Å². The lowest BCUT2D eigenvalue weighted by Gasteiger charge is -2.15. The number of aryl methyl sites for hydroxylation is 2. The molecule has 4 rings (SSSR count). The number of hydrogen-bond acceptors (Lipinski definition) is 5. The molecule has 1 atom stereocenters. The SMILES string of the molecule is Cc1nc(NC(C)c2cnn(C)c2C)c2cc(-c3ccccc3)sc2n1. The number of nitrogens with zero attached hydrogens (tertiary/aromatic N) is 4. The van der Waals surface area contributed by atoms with Crippen LogP contribution in [0.3, 0.4) is 0 Å². The molecule has 26 heavy (non-hydrogen) atoms. The number of nitrogens with one attached hydrogen (secondary N) is 1. The highest BCUT2D eigenvalue weighted by Gasteiger charge is 2.16. The molecule has 0 bridgehead atoms. The van der Waals surface area contributed by atoms with Gasteiger partial charge in [-0.15, -0.1) is 11.3 Å². The number of thiophene rings is 1. The Balaban J connectivity index is 1.75. The Hall–Kier alpha value is -2.73. The van der Waals surface area contributed by atoms with Crippen molar-refractivity contribution in [3.05, 3.63) is 59.7 Å². The molecule has 6 heteroatoms. The van der Waals surface area contributed by atoms with Crippen LogP contribution in [0.15, 0.2) is 42.6 Å². The second kappa shape index (κ2) is 6.53. The molecule has 3 heterocycles. The van der Waals surface area contributed by atoms with E-state index >= 15 is 0 Å². The van der Waals surface area contributed by atoms with E-state index in [2.05, 4.69) is 64.6 Å². The van der Waals surface area contributed by atoms with Gasteiger partial charge >= 0.3 is 0 Å². The number of hydrogen-bond donors (Lipinski definition) is 1. The molecular formula is C20H21N5S. The van der Waals surface area contributed by atoms with Crippen molar-refractivity contribution in [2.24, 2.45) is 7.05 Å². The first-order chi connectivity index (χ1) is 12.5. The van der Waals surface area contributed by atoms with Gasteiger partial charge in [0.1, 0.15) is 16.5 Å². The summed E-state index contributed by atoms with van der Waals surface area (Å²) < 4.78 is 1.90. The molecule has 0 aliphatic heterocycles. The molecule has 4 aromatic rings. The highest BCUT2D eigenvalue weighted by molar-refractivity contribution is 7.21. The van der Waals surface area contributed by atoms with E-state index in [1.165, 1.54) is 16.0 Å². The molecule has 0 spiro atoms. The molecule has 1 N–H and O–H groups in total. The topological polar surface area (TPSA) is 55.6 Å². The zero-order chi connectivity index (χ0) is 18.3. The minimum absolute atomic E-state index is 0.112. The van der Waals surface area contributed by atoms with Gasteiger partial charge in [-0.05, 0) is 32.4 Å². The molecule has 0 saturated heterocycles. The van der Waals surface area contributed by atoms with Crippen LogP contribution in [0.2, 0.25) is 0 Å². The molecule has 0 saturated carbocycles. The van der Waals surface area contributed by atoms with Gasteiger partial charge in [0.15, 0.2) is 0 Å². The molecule has 3 aromatic heterocycles. The number of fused-ring (bicyclic) bond motifs is 1. The van der Waals surface area contributed by atoms with Gasteiger partial charge in [-0.2, -0.15) is 5.10 Å². The molecule has 0 fully saturated rings. The predicted molar refractivity (Wildman–Crippen MR) is 108 cm³/mol. The second-order valence-electron chi connectivity index (χ2n) is 6.49. The van der Waals surface area contributed by atoms with E-state index in [9.17, 15) is 0 Å². The van der Waals surface area contributed by atoms with E-state index in [0.29, 0.717) is 0 Å². The van der Waals surface area contributed by atoms with Gasteiger partial charge in [0, 0.05) is 23.2 Å². The third-order valence-electron chi connectivity index (χ3n) is 4.66. The summed E-state index contributed by atoms with van der Waals surface area (Å²) in [5.74, 6) is 1.65. The lowest BCUT2D eigenvalue weighted by molar-refractivity contribution is 0.734. The smallest absolute Gasteiger partial charge is 0.139 e. The van der Waals surface area contributed by atoms with Crippen molar-refractivity contribution in [1.29, 1.82) is 0 Å². The van der Waals surface area contributed by atoms with Crippen molar-refractivity contribution in [3.63, 3.8) is 0 Å². The first kappa shape index (κ1) is 16.7. The van der Waals surface area contributed by atoms with Gasteiger partial charge in [0.25, 0.3) is 0 Å². The Morgan fingerprint density at radius 3 is 2.58 bits per heavy atom. The summed E-state index contributed by atoms with van der Waals surface area (Å²) in [6, 6.07) is 12.7. The predicted octanol–water partition coefficient (Wildman–Crippen LogP) is 4.88. The van der Waals surface area contributed by atoms with Gasteiger partial charge in [-0.25, -0.2) is 9.97 Å². The normalized spacial score (nSPS) is 12.5. The van der Waals surface area contributed by atoms with Gasteiger partial charge in [0.2, 0.25) is 0 Å². The van der Waals surface area contributed by atoms with Crippen LogP contribution in [0.1, 0.15) is 30.0 Å². The molecule has 5 nitrogen and oxygen atoms in total. The van der Waals surface area contributed by atoms with Crippen molar-refractivity contribution in [1.82, 2.24) is 19.7 Å². The first-order valence-corrected chi connectivity index (χ1v) is 9.43. The van der Waals surface area contributed by atoms with E-state index in [1.54, 1.807) is 11.3 Å². The maximum atomic E-state index is 4.67. The van der Waals surface area contributed by atoms with E-state index in [4.69, 9.17) is 0 Å².